The molecule has 116 valence electrons. The number of rotatable bonds is 4. The Morgan fingerprint density at radius 1 is 1.18 bits per heavy atom. The Morgan fingerprint density at radius 2 is 1.91 bits per heavy atom. The maximum Gasteiger partial charge on any atom is 0.248 e. The summed E-state index contributed by atoms with van der Waals surface area (Å²) in [6.45, 7) is 5.01. The molecule has 1 aromatic heterocycles. The molecule has 1 aliphatic rings. The van der Waals surface area contributed by atoms with Crippen molar-refractivity contribution in [3.05, 3.63) is 36.2 Å². The number of nitrogens with two attached hydrogens (primary N) is 1. The first-order valence-corrected chi connectivity index (χ1v) is 7.48. The van der Waals surface area contributed by atoms with Crippen LogP contribution in [0.4, 0.5) is 11.5 Å². The van der Waals surface area contributed by atoms with E-state index in [1.165, 1.54) is 11.9 Å². The van der Waals surface area contributed by atoms with E-state index in [-0.39, 0.29) is 0 Å². The van der Waals surface area contributed by atoms with Gasteiger partial charge in [-0.25, -0.2) is 4.98 Å². The van der Waals surface area contributed by atoms with Crippen molar-refractivity contribution in [3.63, 3.8) is 0 Å². The van der Waals surface area contributed by atoms with E-state index < -0.39 is 0 Å². The van der Waals surface area contributed by atoms with Crippen LogP contribution in [0.5, 0.6) is 11.6 Å². The summed E-state index contributed by atoms with van der Waals surface area (Å²) in [5, 5.41) is 0. The first-order valence-electron chi connectivity index (χ1n) is 7.48. The van der Waals surface area contributed by atoms with Gasteiger partial charge in [-0.05, 0) is 24.1 Å². The summed E-state index contributed by atoms with van der Waals surface area (Å²) in [6, 6.07) is 7.93. The van der Waals surface area contributed by atoms with Crippen molar-refractivity contribution < 1.29 is 9.47 Å². The van der Waals surface area contributed by atoms with Crippen molar-refractivity contribution in [3.8, 4) is 11.6 Å². The van der Waals surface area contributed by atoms with Gasteiger partial charge in [0.25, 0.3) is 0 Å². The quantitative estimate of drug-likeness (QED) is 0.933. The highest BCUT2D eigenvalue weighted by molar-refractivity contribution is 5.68. The lowest BCUT2D eigenvalue weighted by molar-refractivity contribution is 0.122. The van der Waals surface area contributed by atoms with Crippen LogP contribution in [0.15, 0.2) is 30.6 Å². The van der Waals surface area contributed by atoms with E-state index in [2.05, 4.69) is 21.8 Å². The van der Waals surface area contributed by atoms with Gasteiger partial charge in [0.1, 0.15) is 17.8 Å². The molecule has 1 aliphatic heterocycles. The molecule has 0 bridgehead atoms. The molecule has 0 atom stereocenters. The Hall–Kier alpha value is -2.34. The number of nitrogens with zero attached hydrogens (tertiary/aromatic N) is 3. The standard InChI is InChI=1S/C16H20N4O2/c1-2-12-3-5-13(6-4-12)22-16-14(17)15(18-11-19-16)20-7-9-21-10-8-20/h3-6,11H,2,7-10,17H2,1H3. The van der Waals surface area contributed by atoms with E-state index in [1.54, 1.807) is 0 Å². The minimum atomic E-state index is 0.390. The van der Waals surface area contributed by atoms with E-state index in [0.717, 1.165) is 25.3 Å². The fourth-order valence-corrected chi connectivity index (χ4v) is 2.38. The number of benzene rings is 1. The maximum absolute atomic E-state index is 6.19. The normalized spacial score (nSPS) is 14.9. The third kappa shape index (κ3) is 3.12. The first-order chi connectivity index (χ1) is 10.8. The molecule has 1 fully saturated rings. The zero-order chi connectivity index (χ0) is 15.4. The van der Waals surface area contributed by atoms with Crippen molar-refractivity contribution in [1.29, 1.82) is 0 Å². The minimum Gasteiger partial charge on any atom is -0.437 e. The zero-order valence-corrected chi connectivity index (χ0v) is 12.7. The van der Waals surface area contributed by atoms with Crippen LogP contribution in [0.3, 0.4) is 0 Å². The highest BCUT2D eigenvalue weighted by atomic mass is 16.5. The van der Waals surface area contributed by atoms with Gasteiger partial charge in [0.2, 0.25) is 5.88 Å². The van der Waals surface area contributed by atoms with Crippen molar-refractivity contribution >= 4 is 11.5 Å². The van der Waals surface area contributed by atoms with Crippen LogP contribution in [0, 0.1) is 0 Å². The number of nitrogen functional groups attached to an aromatic ring is 1. The van der Waals surface area contributed by atoms with Crippen LogP contribution < -0.4 is 15.4 Å². The van der Waals surface area contributed by atoms with Crippen LogP contribution in [-0.2, 0) is 11.2 Å². The third-order valence-corrected chi connectivity index (χ3v) is 3.68. The van der Waals surface area contributed by atoms with Crippen LogP contribution >= 0.6 is 0 Å². The van der Waals surface area contributed by atoms with Crippen LogP contribution in [0.25, 0.3) is 0 Å². The van der Waals surface area contributed by atoms with Crippen molar-refractivity contribution in [2.24, 2.45) is 0 Å². The molecule has 6 nitrogen and oxygen atoms in total. The molecular formula is C16H20N4O2. The third-order valence-electron chi connectivity index (χ3n) is 3.68. The van der Waals surface area contributed by atoms with E-state index in [1.807, 2.05) is 24.3 Å². The van der Waals surface area contributed by atoms with E-state index in [9.17, 15) is 0 Å². The minimum absolute atomic E-state index is 0.390. The largest absolute Gasteiger partial charge is 0.437 e. The van der Waals surface area contributed by atoms with Gasteiger partial charge >= 0.3 is 0 Å². The molecule has 0 radical (unpaired) electrons. The summed E-state index contributed by atoms with van der Waals surface area (Å²) in [6.07, 6.45) is 2.48. The van der Waals surface area contributed by atoms with Gasteiger partial charge in [-0.1, -0.05) is 19.1 Å². The van der Waals surface area contributed by atoms with Crippen molar-refractivity contribution in [2.45, 2.75) is 13.3 Å². The number of aryl methyl sites for hydroxylation is 1. The van der Waals surface area contributed by atoms with Crippen LogP contribution in [-0.4, -0.2) is 36.3 Å². The number of hydrogen-bond acceptors (Lipinski definition) is 6. The van der Waals surface area contributed by atoms with E-state index in [0.29, 0.717) is 30.6 Å². The van der Waals surface area contributed by atoms with E-state index in [4.69, 9.17) is 15.2 Å². The van der Waals surface area contributed by atoms with Gasteiger partial charge in [-0.3, -0.25) is 0 Å². The second-order valence-electron chi connectivity index (χ2n) is 5.12. The predicted molar refractivity (Wildman–Crippen MR) is 85.4 cm³/mol. The van der Waals surface area contributed by atoms with Gasteiger partial charge in [0, 0.05) is 13.1 Å². The second-order valence-corrected chi connectivity index (χ2v) is 5.12. The Morgan fingerprint density at radius 3 is 2.59 bits per heavy atom. The molecule has 3 rings (SSSR count). The Balaban J connectivity index is 1.81. The van der Waals surface area contributed by atoms with E-state index >= 15 is 0 Å². The van der Waals surface area contributed by atoms with Gasteiger partial charge in [-0.2, -0.15) is 4.98 Å². The maximum atomic E-state index is 6.19. The highest BCUT2D eigenvalue weighted by Gasteiger charge is 2.18. The number of anilines is 2. The summed E-state index contributed by atoms with van der Waals surface area (Å²) in [5.41, 5.74) is 7.91. The summed E-state index contributed by atoms with van der Waals surface area (Å²) in [4.78, 5) is 10.5. The molecule has 0 saturated carbocycles. The summed E-state index contributed by atoms with van der Waals surface area (Å²) in [5.74, 6) is 1.81. The fourth-order valence-electron chi connectivity index (χ4n) is 2.38. The van der Waals surface area contributed by atoms with Crippen LogP contribution in [0.2, 0.25) is 0 Å². The summed E-state index contributed by atoms with van der Waals surface area (Å²) >= 11 is 0. The lowest BCUT2D eigenvalue weighted by Crippen LogP contribution is -2.37. The molecule has 6 heteroatoms. The SMILES string of the molecule is CCc1ccc(Oc2ncnc(N3CCOCC3)c2N)cc1. The van der Waals surface area contributed by atoms with Gasteiger partial charge in [0.15, 0.2) is 5.82 Å². The Labute approximate surface area is 129 Å². The summed E-state index contributed by atoms with van der Waals surface area (Å²) in [7, 11) is 0. The average Bonchev–Trinajstić information content (AvgIpc) is 2.58. The Bertz CT molecular complexity index is 625. The molecule has 2 heterocycles. The fraction of sp³-hybridized carbons (Fsp3) is 0.375. The predicted octanol–water partition coefficient (Wildman–Crippen LogP) is 2.25. The molecule has 0 aliphatic carbocycles. The molecule has 22 heavy (non-hydrogen) atoms. The molecule has 0 unspecified atom stereocenters. The molecule has 1 aromatic carbocycles. The molecule has 1 saturated heterocycles. The molecule has 0 amide bonds. The topological polar surface area (TPSA) is 73.5 Å². The smallest absolute Gasteiger partial charge is 0.248 e. The van der Waals surface area contributed by atoms with Crippen molar-refractivity contribution in [2.75, 3.05) is 36.9 Å². The zero-order valence-electron chi connectivity index (χ0n) is 12.7. The molecule has 2 N–H and O–H groups in total. The molecule has 0 spiro atoms. The summed E-state index contributed by atoms with van der Waals surface area (Å²) < 4.78 is 11.2. The number of ether oxygens (including phenoxy) is 2. The lowest BCUT2D eigenvalue weighted by atomic mass is 10.2. The van der Waals surface area contributed by atoms with Crippen LogP contribution in [0.1, 0.15) is 12.5 Å². The van der Waals surface area contributed by atoms with Crippen molar-refractivity contribution in [1.82, 2.24) is 9.97 Å². The number of morpholine rings is 1. The second kappa shape index (κ2) is 6.62. The number of aromatic nitrogens is 2. The lowest BCUT2D eigenvalue weighted by Gasteiger charge is -2.28. The molecular weight excluding hydrogens is 280 g/mol. The number of hydrogen-bond donors (Lipinski definition) is 1. The molecule has 2 aromatic rings. The average molecular weight is 300 g/mol. The van der Waals surface area contributed by atoms with Gasteiger partial charge < -0.3 is 20.1 Å². The van der Waals surface area contributed by atoms with Gasteiger partial charge in [0.05, 0.1) is 13.2 Å². The monoisotopic (exact) mass is 300 g/mol. The first kappa shape index (κ1) is 14.6. The Kier molecular flexibility index (Phi) is 4.39. The van der Waals surface area contributed by atoms with Gasteiger partial charge in [-0.15, -0.1) is 0 Å². The highest BCUT2D eigenvalue weighted by Crippen LogP contribution is 2.31.